The first-order chi connectivity index (χ1) is 9.74. The molecule has 0 radical (unpaired) electrons. The van der Waals surface area contributed by atoms with Gasteiger partial charge in [0.1, 0.15) is 5.82 Å². The fourth-order valence-electron chi connectivity index (χ4n) is 2.77. The van der Waals surface area contributed by atoms with E-state index >= 15 is 0 Å². The number of nitrogens with one attached hydrogen (secondary N) is 1. The summed E-state index contributed by atoms with van der Waals surface area (Å²) >= 11 is 0. The first kappa shape index (κ1) is 15.2. The van der Waals surface area contributed by atoms with Gasteiger partial charge in [-0.1, -0.05) is 0 Å². The maximum absolute atomic E-state index is 13.4. The topological polar surface area (TPSA) is 38.7 Å². The summed E-state index contributed by atoms with van der Waals surface area (Å²) < 4.78 is 13.4. The summed E-state index contributed by atoms with van der Waals surface area (Å²) in [6.07, 6.45) is 1.07. The van der Waals surface area contributed by atoms with E-state index in [1.807, 2.05) is 13.1 Å². The van der Waals surface area contributed by atoms with Gasteiger partial charge in [-0.25, -0.2) is 4.39 Å². The number of hydrogen-bond acceptors (Lipinski definition) is 4. The molecule has 1 aliphatic heterocycles. The molecule has 1 saturated heterocycles. The van der Waals surface area contributed by atoms with Crippen LogP contribution in [0.3, 0.4) is 0 Å². The summed E-state index contributed by atoms with van der Waals surface area (Å²) in [5, 5.41) is 12.1. The quantitative estimate of drug-likeness (QED) is 0.846. The van der Waals surface area contributed by atoms with Crippen molar-refractivity contribution in [3.63, 3.8) is 0 Å². The van der Waals surface area contributed by atoms with Gasteiger partial charge in [0.15, 0.2) is 0 Å². The van der Waals surface area contributed by atoms with Crippen molar-refractivity contribution in [1.82, 2.24) is 10.2 Å². The Morgan fingerprint density at radius 3 is 2.85 bits per heavy atom. The van der Waals surface area contributed by atoms with Crippen molar-refractivity contribution in [2.75, 3.05) is 51.3 Å². The highest BCUT2D eigenvalue weighted by Crippen LogP contribution is 2.23. The molecule has 0 aliphatic carbocycles. The fraction of sp³-hybridized carbons (Fsp3) is 0.600. The minimum Gasteiger partial charge on any atom is -0.395 e. The molecule has 4 nitrogen and oxygen atoms in total. The Bertz CT molecular complexity index is 428. The van der Waals surface area contributed by atoms with Gasteiger partial charge in [0.2, 0.25) is 0 Å². The van der Waals surface area contributed by atoms with Gasteiger partial charge in [-0.3, -0.25) is 4.90 Å². The summed E-state index contributed by atoms with van der Waals surface area (Å²) in [5.41, 5.74) is 2.12. The summed E-state index contributed by atoms with van der Waals surface area (Å²) in [6.45, 7) is 5.47. The Hall–Kier alpha value is -1.17. The molecule has 0 aromatic heterocycles. The van der Waals surface area contributed by atoms with E-state index in [-0.39, 0.29) is 12.4 Å². The average molecular weight is 281 g/mol. The largest absolute Gasteiger partial charge is 0.395 e. The van der Waals surface area contributed by atoms with E-state index in [4.69, 9.17) is 5.11 Å². The first-order valence-electron chi connectivity index (χ1n) is 7.26. The average Bonchev–Trinajstić information content (AvgIpc) is 2.66. The van der Waals surface area contributed by atoms with Gasteiger partial charge >= 0.3 is 0 Å². The number of anilines is 1. The lowest BCUT2D eigenvalue weighted by molar-refractivity contribution is 0.204. The lowest BCUT2D eigenvalue weighted by atomic mass is 10.1. The molecule has 0 bridgehead atoms. The smallest absolute Gasteiger partial charge is 0.123 e. The van der Waals surface area contributed by atoms with Gasteiger partial charge in [-0.2, -0.15) is 0 Å². The Labute approximate surface area is 120 Å². The van der Waals surface area contributed by atoms with Gasteiger partial charge in [0, 0.05) is 38.4 Å². The number of benzene rings is 1. The summed E-state index contributed by atoms with van der Waals surface area (Å²) in [6, 6.07) is 5.02. The second kappa shape index (κ2) is 7.57. The molecule has 112 valence electrons. The molecule has 0 saturated carbocycles. The minimum atomic E-state index is -0.185. The zero-order valence-corrected chi connectivity index (χ0v) is 12.1. The van der Waals surface area contributed by atoms with Crippen LogP contribution in [0.1, 0.15) is 12.0 Å². The van der Waals surface area contributed by atoms with Gasteiger partial charge in [-0.05, 0) is 43.8 Å². The Morgan fingerprint density at radius 1 is 1.25 bits per heavy atom. The van der Waals surface area contributed by atoms with Gasteiger partial charge in [0.25, 0.3) is 0 Å². The van der Waals surface area contributed by atoms with Crippen molar-refractivity contribution in [3.8, 4) is 0 Å². The highest BCUT2D eigenvalue weighted by Gasteiger charge is 2.17. The third kappa shape index (κ3) is 3.91. The molecule has 20 heavy (non-hydrogen) atoms. The maximum atomic E-state index is 13.4. The second-order valence-corrected chi connectivity index (χ2v) is 5.21. The zero-order chi connectivity index (χ0) is 14.4. The number of hydrogen-bond donors (Lipinski definition) is 2. The lowest BCUT2D eigenvalue weighted by Crippen LogP contribution is -2.33. The molecule has 1 fully saturated rings. The van der Waals surface area contributed by atoms with Crippen LogP contribution < -0.4 is 10.2 Å². The number of β-amino-alcohol motifs (C(OH)–C–C–N with tert-alkyl or cyclic N) is 1. The van der Waals surface area contributed by atoms with E-state index in [1.54, 1.807) is 6.07 Å². The minimum absolute atomic E-state index is 0.185. The molecule has 2 rings (SSSR count). The van der Waals surface area contributed by atoms with E-state index in [1.165, 1.54) is 6.07 Å². The fourth-order valence-corrected chi connectivity index (χ4v) is 2.77. The Balaban J connectivity index is 2.10. The molecule has 0 atom stereocenters. The standard InChI is InChI=1S/C15H24FN3O/c1-17-12-13-11-14(16)3-4-15(13)19-6-2-5-18(7-8-19)9-10-20/h3-4,11,17,20H,2,5-10,12H2,1H3. The number of rotatable bonds is 5. The third-order valence-corrected chi connectivity index (χ3v) is 3.75. The molecule has 5 heteroatoms. The van der Waals surface area contributed by atoms with Crippen LogP contribution in [-0.4, -0.2) is 56.4 Å². The predicted octanol–water partition coefficient (Wildman–Crippen LogP) is 1.05. The molecule has 0 amide bonds. The van der Waals surface area contributed by atoms with Crippen LogP contribution in [0.5, 0.6) is 0 Å². The van der Waals surface area contributed by atoms with Crippen LogP contribution in [0, 0.1) is 5.82 Å². The molecule has 1 aromatic carbocycles. The summed E-state index contributed by atoms with van der Waals surface area (Å²) in [7, 11) is 1.88. The van der Waals surface area contributed by atoms with Gasteiger partial charge < -0.3 is 15.3 Å². The van der Waals surface area contributed by atoms with Crippen molar-refractivity contribution in [2.45, 2.75) is 13.0 Å². The number of aliphatic hydroxyl groups excluding tert-OH is 1. The molecule has 2 N–H and O–H groups in total. The molecular weight excluding hydrogens is 257 g/mol. The maximum Gasteiger partial charge on any atom is 0.123 e. The molecule has 1 aliphatic rings. The number of nitrogens with zero attached hydrogens (tertiary/aromatic N) is 2. The second-order valence-electron chi connectivity index (χ2n) is 5.21. The van der Waals surface area contributed by atoms with Crippen LogP contribution in [-0.2, 0) is 6.54 Å². The monoisotopic (exact) mass is 281 g/mol. The van der Waals surface area contributed by atoms with Crippen molar-refractivity contribution in [1.29, 1.82) is 0 Å². The van der Waals surface area contributed by atoms with E-state index < -0.39 is 0 Å². The Morgan fingerprint density at radius 2 is 2.10 bits per heavy atom. The summed E-state index contributed by atoms with van der Waals surface area (Å²) in [5.74, 6) is -0.185. The van der Waals surface area contributed by atoms with Crippen LogP contribution in [0.25, 0.3) is 0 Å². The zero-order valence-electron chi connectivity index (χ0n) is 12.1. The lowest BCUT2D eigenvalue weighted by Gasteiger charge is -2.26. The molecule has 0 unspecified atom stereocenters. The summed E-state index contributed by atoms with van der Waals surface area (Å²) in [4.78, 5) is 4.60. The number of halogens is 1. The van der Waals surface area contributed by atoms with Crippen LogP contribution >= 0.6 is 0 Å². The van der Waals surface area contributed by atoms with E-state index in [0.717, 1.165) is 50.4 Å². The van der Waals surface area contributed by atoms with Crippen LogP contribution in [0.2, 0.25) is 0 Å². The van der Waals surface area contributed by atoms with Crippen molar-refractivity contribution >= 4 is 5.69 Å². The Kier molecular flexibility index (Phi) is 5.76. The molecule has 0 spiro atoms. The van der Waals surface area contributed by atoms with E-state index in [2.05, 4.69) is 15.1 Å². The normalized spacial score (nSPS) is 17.2. The van der Waals surface area contributed by atoms with E-state index in [0.29, 0.717) is 6.54 Å². The van der Waals surface area contributed by atoms with Crippen molar-refractivity contribution in [2.24, 2.45) is 0 Å². The van der Waals surface area contributed by atoms with Gasteiger partial charge in [0.05, 0.1) is 6.61 Å². The van der Waals surface area contributed by atoms with Crippen molar-refractivity contribution in [3.05, 3.63) is 29.6 Å². The van der Waals surface area contributed by atoms with Gasteiger partial charge in [-0.15, -0.1) is 0 Å². The molecule has 1 heterocycles. The van der Waals surface area contributed by atoms with Crippen LogP contribution in [0.15, 0.2) is 18.2 Å². The highest BCUT2D eigenvalue weighted by atomic mass is 19.1. The van der Waals surface area contributed by atoms with Crippen molar-refractivity contribution < 1.29 is 9.50 Å². The number of aliphatic hydroxyl groups is 1. The highest BCUT2D eigenvalue weighted by molar-refractivity contribution is 5.54. The SMILES string of the molecule is CNCc1cc(F)ccc1N1CCCN(CCO)CC1. The predicted molar refractivity (Wildman–Crippen MR) is 79.5 cm³/mol. The van der Waals surface area contributed by atoms with Crippen LogP contribution in [0.4, 0.5) is 10.1 Å². The molecular formula is C15H24FN3O. The molecule has 1 aromatic rings. The third-order valence-electron chi connectivity index (χ3n) is 3.75. The first-order valence-corrected chi connectivity index (χ1v) is 7.26. The van der Waals surface area contributed by atoms with E-state index in [9.17, 15) is 4.39 Å².